The van der Waals surface area contributed by atoms with Crippen LogP contribution in [-0.4, -0.2) is 42.4 Å². The van der Waals surface area contributed by atoms with E-state index in [0.29, 0.717) is 26.1 Å². The number of hydrogen-bond donors (Lipinski definition) is 1. The average Bonchev–Trinajstić information content (AvgIpc) is 2.60. The molecule has 0 saturated carbocycles. The molecule has 2 N–H and O–H groups in total. The molecular weight excluding hydrogens is 298 g/mol. The maximum atomic E-state index is 12.3. The van der Waals surface area contributed by atoms with E-state index >= 15 is 0 Å². The highest BCUT2D eigenvalue weighted by atomic mass is 16.2. The van der Waals surface area contributed by atoms with Crippen LogP contribution in [0.4, 0.5) is 0 Å². The van der Waals surface area contributed by atoms with Gasteiger partial charge in [0.05, 0.1) is 0 Å². The first-order chi connectivity index (χ1) is 11.7. The third-order valence-electron chi connectivity index (χ3n) is 3.97. The van der Waals surface area contributed by atoms with E-state index < -0.39 is 0 Å². The summed E-state index contributed by atoms with van der Waals surface area (Å²) in [6.07, 6.45) is 0.398. The number of likely N-dealkylation sites (N-methyl/N-ethyl adjacent to an activating group) is 1. The molecule has 0 fully saturated rings. The Morgan fingerprint density at radius 2 is 1.42 bits per heavy atom. The monoisotopic (exact) mass is 325 g/mol. The highest BCUT2D eigenvalue weighted by Crippen LogP contribution is 2.07. The Kier molecular flexibility index (Phi) is 7.46. The van der Waals surface area contributed by atoms with Gasteiger partial charge in [0.1, 0.15) is 0 Å². The van der Waals surface area contributed by atoms with Crippen molar-refractivity contribution in [2.45, 2.75) is 19.5 Å². The zero-order valence-electron chi connectivity index (χ0n) is 14.4. The van der Waals surface area contributed by atoms with Crippen LogP contribution >= 0.6 is 0 Å². The minimum absolute atomic E-state index is 0.120. The molecule has 0 unspecified atom stereocenters. The van der Waals surface area contributed by atoms with Gasteiger partial charge in [0.2, 0.25) is 5.91 Å². The summed E-state index contributed by atoms with van der Waals surface area (Å²) in [6, 6.07) is 20.5. The lowest BCUT2D eigenvalue weighted by atomic mass is 10.2. The molecule has 2 aromatic rings. The van der Waals surface area contributed by atoms with Crippen molar-refractivity contribution in [1.82, 2.24) is 9.80 Å². The fourth-order valence-electron chi connectivity index (χ4n) is 2.64. The molecule has 0 atom stereocenters. The zero-order chi connectivity index (χ0) is 17.2. The topological polar surface area (TPSA) is 49.6 Å². The summed E-state index contributed by atoms with van der Waals surface area (Å²) >= 11 is 0. The number of nitrogens with zero attached hydrogens (tertiary/aromatic N) is 2. The van der Waals surface area contributed by atoms with Crippen molar-refractivity contribution >= 4 is 5.91 Å². The Balaban J connectivity index is 1.91. The number of benzene rings is 2. The van der Waals surface area contributed by atoms with Gasteiger partial charge in [-0.25, -0.2) is 0 Å². The molecule has 0 aliphatic rings. The van der Waals surface area contributed by atoms with Gasteiger partial charge < -0.3 is 15.5 Å². The Morgan fingerprint density at radius 1 is 0.875 bits per heavy atom. The third kappa shape index (κ3) is 6.14. The van der Waals surface area contributed by atoms with E-state index in [-0.39, 0.29) is 5.91 Å². The van der Waals surface area contributed by atoms with Crippen molar-refractivity contribution in [3.63, 3.8) is 0 Å². The van der Waals surface area contributed by atoms with Crippen molar-refractivity contribution in [1.29, 1.82) is 0 Å². The predicted molar refractivity (Wildman–Crippen MR) is 98.3 cm³/mol. The van der Waals surface area contributed by atoms with Gasteiger partial charge in [-0.3, -0.25) is 4.79 Å². The largest absolute Gasteiger partial charge is 0.337 e. The summed E-state index contributed by atoms with van der Waals surface area (Å²) in [7, 11) is 2.08. The first kappa shape index (κ1) is 18.2. The summed E-state index contributed by atoms with van der Waals surface area (Å²) < 4.78 is 0. The van der Waals surface area contributed by atoms with Gasteiger partial charge >= 0.3 is 0 Å². The Labute approximate surface area is 144 Å². The van der Waals surface area contributed by atoms with Gasteiger partial charge in [0, 0.05) is 39.1 Å². The SMILES string of the molecule is CN(CCN(Cc1ccccc1)C(=O)CCN)Cc1ccccc1. The van der Waals surface area contributed by atoms with Crippen LogP contribution < -0.4 is 5.73 Å². The molecule has 1 amide bonds. The van der Waals surface area contributed by atoms with Crippen LogP contribution in [0.2, 0.25) is 0 Å². The minimum atomic E-state index is 0.120. The van der Waals surface area contributed by atoms with Crippen LogP contribution in [0.15, 0.2) is 60.7 Å². The summed E-state index contributed by atoms with van der Waals surface area (Å²) in [4.78, 5) is 16.5. The van der Waals surface area contributed by atoms with E-state index in [4.69, 9.17) is 5.73 Å². The fraction of sp³-hybridized carbons (Fsp3) is 0.350. The van der Waals surface area contributed by atoms with Gasteiger partial charge in [-0.1, -0.05) is 60.7 Å². The quantitative estimate of drug-likeness (QED) is 0.770. The highest BCUT2D eigenvalue weighted by molar-refractivity contribution is 5.76. The van der Waals surface area contributed by atoms with Gasteiger partial charge in [-0.15, -0.1) is 0 Å². The molecular formula is C20H27N3O. The standard InChI is InChI=1S/C20H27N3O/c1-22(16-18-8-4-2-5-9-18)14-15-23(20(24)12-13-21)17-19-10-6-3-7-11-19/h2-11H,12-17,21H2,1H3. The van der Waals surface area contributed by atoms with Gasteiger partial charge in [-0.2, -0.15) is 0 Å². The van der Waals surface area contributed by atoms with E-state index in [1.807, 2.05) is 29.2 Å². The molecule has 24 heavy (non-hydrogen) atoms. The van der Waals surface area contributed by atoms with Crippen LogP contribution in [0.1, 0.15) is 17.5 Å². The van der Waals surface area contributed by atoms with Gasteiger partial charge in [0.15, 0.2) is 0 Å². The molecule has 0 heterocycles. The highest BCUT2D eigenvalue weighted by Gasteiger charge is 2.14. The summed E-state index contributed by atoms with van der Waals surface area (Å²) in [5.74, 6) is 0.120. The number of amides is 1. The zero-order valence-corrected chi connectivity index (χ0v) is 14.4. The molecule has 4 nitrogen and oxygen atoms in total. The lowest BCUT2D eigenvalue weighted by Gasteiger charge is -2.26. The van der Waals surface area contributed by atoms with Crippen molar-refractivity contribution < 1.29 is 4.79 Å². The lowest BCUT2D eigenvalue weighted by Crippen LogP contribution is -2.37. The molecule has 0 saturated heterocycles. The Hall–Kier alpha value is -2.17. The molecule has 128 valence electrons. The first-order valence-electron chi connectivity index (χ1n) is 8.43. The number of nitrogens with two attached hydrogens (primary N) is 1. The second kappa shape index (κ2) is 9.85. The normalized spacial score (nSPS) is 10.8. The van der Waals surface area contributed by atoms with Gasteiger partial charge in [-0.05, 0) is 18.2 Å². The number of carbonyl (C=O) groups is 1. The molecule has 2 rings (SSSR count). The van der Waals surface area contributed by atoms with E-state index in [0.717, 1.165) is 18.7 Å². The maximum absolute atomic E-state index is 12.3. The van der Waals surface area contributed by atoms with Crippen LogP contribution in [0.5, 0.6) is 0 Å². The van der Waals surface area contributed by atoms with Crippen LogP contribution in [-0.2, 0) is 17.9 Å². The average molecular weight is 325 g/mol. The molecule has 4 heteroatoms. The second-order valence-corrected chi connectivity index (χ2v) is 6.06. The molecule has 0 spiro atoms. The minimum Gasteiger partial charge on any atom is -0.337 e. The van der Waals surface area contributed by atoms with Crippen molar-refractivity contribution in [2.24, 2.45) is 5.73 Å². The summed E-state index contributed by atoms with van der Waals surface area (Å²) in [5, 5.41) is 0. The second-order valence-electron chi connectivity index (χ2n) is 6.06. The molecule has 0 aromatic heterocycles. The number of hydrogen-bond acceptors (Lipinski definition) is 3. The van der Waals surface area contributed by atoms with E-state index in [2.05, 4.69) is 48.3 Å². The summed E-state index contributed by atoms with van der Waals surface area (Å²) in [6.45, 7) is 3.45. The lowest BCUT2D eigenvalue weighted by molar-refractivity contribution is -0.131. The Morgan fingerprint density at radius 3 is 1.96 bits per heavy atom. The van der Waals surface area contributed by atoms with E-state index in [1.165, 1.54) is 5.56 Å². The predicted octanol–water partition coefficient (Wildman–Crippen LogP) is 2.50. The molecule has 0 radical (unpaired) electrons. The van der Waals surface area contributed by atoms with Gasteiger partial charge in [0.25, 0.3) is 0 Å². The van der Waals surface area contributed by atoms with Crippen molar-refractivity contribution in [3.05, 3.63) is 71.8 Å². The third-order valence-corrected chi connectivity index (χ3v) is 3.97. The number of rotatable bonds is 9. The maximum Gasteiger partial charge on any atom is 0.224 e. The Bertz CT molecular complexity index is 601. The molecule has 0 bridgehead atoms. The molecule has 0 aliphatic heterocycles. The fourth-order valence-corrected chi connectivity index (χ4v) is 2.64. The van der Waals surface area contributed by atoms with E-state index in [1.54, 1.807) is 0 Å². The van der Waals surface area contributed by atoms with Crippen molar-refractivity contribution in [2.75, 3.05) is 26.7 Å². The van der Waals surface area contributed by atoms with Crippen LogP contribution in [0, 0.1) is 0 Å². The van der Waals surface area contributed by atoms with Crippen molar-refractivity contribution in [3.8, 4) is 0 Å². The van der Waals surface area contributed by atoms with E-state index in [9.17, 15) is 4.79 Å². The van der Waals surface area contributed by atoms with Crippen LogP contribution in [0.25, 0.3) is 0 Å². The molecule has 2 aromatic carbocycles. The molecule has 0 aliphatic carbocycles. The first-order valence-corrected chi connectivity index (χ1v) is 8.43. The van der Waals surface area contributed by atoms with Crippen LogP contribution in [0.3, 0.4) is 0 Å². The summed E-state index contributed by atoms with van der Waals surface area (Å²) in [5.41, 5.74) is 7.99. The number of carbonyl (C=O) groups excluding carboxylic acids is 1. The smallest absolute Gasteiger partial charge is 0.224 e.